The molecule has 2 aromatic carbocycles. The highest BCUT2D eigenvalue weighted by Gasteiger charge is 2.31. The lowest BCUT2D eigenvalue weighted by Gasteiger charge is -2.28. The largest absolute Gasteiger partial charge is 0.251 e. The summed E-state index contributed by atoms with van der Waals surface area (Å²) in [5.74, 6) is -1.61. The molecule has 0 bridgehead atoms. The lowest BCUT2D eigenvalue weighted by Crippen LogP contribution is -2.34. The van der Waals surface area contributed by atoms with Gasteiger partial charge in [-0.2, -0.15) is 0 Å². The molecule has 2 aromatic rings. The average Bonchev–Trinajstić information content (AvgIpc) is 2.46. The highest BCUT2D eigenvalue weighted by Crippen LogP contribution is 2.36. The van der Waals surface area contributed by atoms with E-state index in [2.05, 4.69) is 15.9 Å². The highest BCUT2D eigenvalue weighted by atomic mass is 79.9. The third-order valence-corrected chi connectivity index (χ3v) is 5.64. The molecule has 1 unspecified atom stereocenters. The van der Waals surface area contributed by atoms with Crippen LogP contribution in [0.1, 0.15) is 37.3 Å². The third-order valence-electron chi connectivity index (χ3n) is 3.85. The number of halogens is 3. The lowest BCUT2D eigenvalue weighted by molar-refractivity contribution is 0.523. The van der Waals surface area contributed by atoms with Gasteiger partial charge in [-0.15, -0.1) is 0 Å². The molecule has 0 aliphatic rings. The van der Waals surface area contributed by atoms with Crippen molar-refractivity contribution in [3.63, 3.8) is 0 Å². The summed E-state index contributed by atoms with van der Waals surface area (Å²) in [4.78, 5) is 0. The second-order valence-corrected chi connectivity index (χ2v) is 8.65. The van der Waals surface area contributed by atoms with Crippen LogP contribution in [0.2, 0.25) is 0 Å². The maximum absolute atomic E-state index is 14.3. The Balaban J connectivity index is 2.50. The molecule has 0 fully saturated rings. The monoisotopic (exact) mass is 401 g/mol. The van der Waals surface area contributed by atoms with Gasteiger partial charge in [-0.05, 0) is 49.6 Å². The third kappa shape index (κ3) is 4.46. The Morgan fingerprint density at radius 3 is 2.30 bits per heavy atom. The van der Waals surface area contributed by atoms with E-state index in [0.717, 1.165) is 16.1 Å². The van der Waals surface area contributed by atoms with Crippen LogP contribution >= 0.6 is 15.9 Å². The van der Waals surface area contributed by atoms with E-state index in [-0.39, 0.29) is 5.92 Å². The summed E-state index contributed by atoms with van der Waals surface area (Å²) in [6.45, 7) is 3.55. The Morgan fingerprint density at radius 2 is 1.78 bits per heavy atom. The van der Waals surface area contributed by atoms with Crippen LogP contribution in [0.5, 0.6) is 0 Å². The van der Waals surface area contributed by atoms with Crippen molar-refractivity contribution in [1.29, 1.82) is 0 Å². The second kappa shape index (κ2) is 7.20. The molecule has 2 nitrogen and oxygen atoms in total. The lowest BCUT2D eigenvalue weighted by atomic mass is 9.84. The van der Waals surface area contributed by atoms with Crippen LogP contribution in [0, 0.1) is 11.6 Å². The average molecular weight is 402 g/mol. The molecule has 0 aromatic heterocycles. The molecule has 6 heteroatoms. The van der Waals surface area contributed by atoms with Gasteiger partial charge in [0.1, 0.15) is 11.6 Å². The molecule has 0 heterocycles. The quantitative estimate of drug-likeness (QED) is 0.778. The van der Waals surface area contributed by atoms with Crippen molar-refractivity contribution in [2.45, 2.75) is 30.9 Å². The van der Waals surface area contributed by atoms with E-state index in [9.17, 15) is 13.0 Å². The molecule has 2 N–H and O–H groups in total. The smallest absolute Gasteiger partial charge is 0.129 e. The van der Waals surface area contributed by atoms with E-state index in [1.54, 1.807) is 13.8 Å². The molecule has 23 heavy (non-hydrogen) atoms. The molecule has 0 aliphatic heterocycles. The van der Waals surface area contributed by atoms with Gasteiger partial charge in [0, 0.05) is 16.5 Å². The van der Waals surface area contributed by atoms with Crippen molar-refractivity contribution in [1.82, 2.24) is 0 Å². The van der Waals surface area contributed by atoms with E-state index in [1.807, 2.05) is 24.3 Å². The van der Waals surface area contributed by atoms with Gasteiger partial charge >= 0.3 is 0 Å². The summed E-state index contributed by atoms with van der Waals surface area (Å²) >= 11 is 3.37. The Morgan fingerprint density at radius 1 is 1.17 bits per heavy atom. The topological polar surface area (TPSA) is 43.1 Å². The van der Waals surface area contributed by atoms with Gasteiger partial charge in [-0.3, -0.25) is 5.14 Å². The summed E-state index contributed by atoms with van der Waals surface area (Å²) in [6.07, 6.45) is 0.375. The van der Waals surface area contributed by atoms with Crippen molar-refractivity contribution in [2.75, 3.05) is 0 Å². The molecular weight excluding hydrogens is 384 g/mol. The first kappa shape index (κ1) is 18.2. The minimum absolute atomic E-state index is 0.368. The number of benzene rings is 2. The number of hydrogen-bond acceptors (Lipinski definition) is 1. The van der Waals surface area contributed by atoms with E-state index in [1.165, 1.54) is 12.1 Å². The van der Waals surface area contributed by atoms with E-state index >= 15 is 0 Å². The maximum Gasteiger partial charge on any atom is 0.129 e. The van der Waals surface area contributed by atoms with Crippen molar-refractivity contribution >= 4 is 26.9 Å². The van der Waals surface area contributed by atoms with E-state index in [4.69, 9.17) is 5.14 Å². The van der Waals surface area contributed by atoms with Crippen LogP contribution < -0.4 is 5.14 Å². The van der Waals surface area contributed by atoms with Gasteiger partial charge in [0.05, 0.1) is 15.7 Å². The summed E-state index contributed by atoms with van der Waals surface area (Å²) in [5.41, 5.74) is 1.23. The summed E-state index contributed by atoms with van der Waals surface area (Å²) in [6, 6.07) is 11.0. The van der Waals surface area contributed by atoms with Crippen LogP contribution in [0.25, 0.3) is 0 Å². The first-order chi connectivity index (χ1) is 10.7. The first-order valence-electron chi connectivity index (χ1n) is 7.07. The normalized spacial score (nSPS) is 14.5. The van der Waals surface area contributed by atoms with Crippen LogP contribution in [0.15, 0.2) is 46.9 Å². The van der Waals surface area contributed by atoms with Gasteiger partial charge in [0.25, 0.3) is 0 Å². The molecule has 0 aliphatic carbocycles. The van der Waals surface area contributed by atoms with Crippen LogP contribution in [0.4, 0.5) is 8.78 Å². The minimum Gasteiger partial charge on any atom is -0.251 e. The molecular formula is C17H18BrF2NOS. The van der Waals surface area contributed by atoms with Crippen molar-refractivity contribution in [2.24, 2.45) is 5.14 Å². The van der Waals surface area contributed by atoms with Gasteiger partial charge in [0.2, 0.25) is 0 Å². The second-order valence-electron chi connectivity index (χ2n) is 6.03. The minimum atomic E-state index is -1.57. The molecule has 124 valence electrons. The van der Waals surface area contributed by atoms with Crippen LogP contribution in [0.3, 0.4) is 0 Å². The Labute approximate surface area is 145 Å². The predicted molar refractivity (Wildman–Crippen MR) is 93.4 cm³/mol. The van der Waals surface area contributed by atoms with Crippen molar-refractivity contribution in [3.05, 3.63) is 69.7 Å². The summed E-state index contributed by atoms with van der Waals surface area (Å²) in [7, 11) is -1.57. The zero-order valence-electron chi connectivity index (χ0n) is 12.9. The van der Waals surface area contributed by atoms with Gasteiger partial charge in [-0.25, -0.2) is 13.0 Å². The molecule has 0 spiro atoms. The Hall–Kier alpha value is -1.11. The molecule has 0 radical (unpaired) electrons. The highest BCUT2D eigenvalue weighted by molar-refractivity contribution is 9.10. The first-order valence-corrected chi connectivity index (χ1v) is 9.08. The zero-order valence-corrected chi connectivity index (χ0v) is 15.3. The Kier molecular flexibility index (Phi) is 5.70. The maximum atomic E-state index is 14.3. The van der Waals surface area contributed by atoms with E-state index in [0.29, 0.717) is 12.0 Å². The number of rotatable bonds is 5. The number of hydrogen-bond donors (Lipinski definition) is 1. The zero-order chi connectivity index (χ0) is 17.2. The van der Waals surface area contributed by atoms with Crippen molar-refractivity contribution < 1.29 is 13.0 Å². The van der Waals surface area contributed by atoms with Crippen LogP contribution in [-0.2, 0) is 11.0 Å². The fraction of sp³-hybridized carbons (Fsp3) is 0.294. The molecule has 2 atom stereocenters. The van der Waals surface area contributed by atoms with E-state index < -0.39 is 27.4 Å². The van der Waals surface area contributed by atoms with Gasteiger partial charge in [0.15, 0.2) is 0 Å². The van der Waals surface area contributed by atoms with Crippen LogP contribution in [-0.4, -0.2) is 8.96 Å². The molecule has 0 amide bonds. The summed E-state index contributed by atoms with van der Waals surface area (Å²) in [5, 5.41) is 5.57. The fourth-order valence-electron chi connectivity index (χ4n) is 2.46. The molecule has 0 saturated carbocycles. The van der Waals surface area contributed by atoms with Gasteiger partial charge in [-0.1, -0.05) is 34.1 Å². The standard InChI is InChI=1S/C17H18BrF2NOS/c1-17(2,23(21)22)10-15(11-3-5-12(18)6-4-11)14-8-7-13(19)9-16(14)20/h3-9,15H,10,21H2,1-2H3/t15-,23?/m1/s1. The number of nitrogens with two attached hydrogens (primary N) is 1. The Bertz CT molecular complexity index is 719. The van der Waals surface area contributed by atoms with Crippen molar-refractivity contribution in [3.8, 4) is 0 Å². The van der Waals surface area contributed by atoms with Gasteiger partial charge < -0.3 is 0 Å². The molecule has 0 saturated heterocycles. The predicted octanol–water partition coefficient (Wildman–Crippen LogP) is 4.65. The molecule has 2 rings (SSSR count). The fourth-order valence-corrected chi connectivity index (χ4v) is 3.06. The SMILES string of the molecule is CC(C)(C[C@H](c1ccc(Br)cc1)c1ccc(F)cc1F)S(N)=O. The summed E-state index contributed by atoms with van der Waals surface area (Å²) < 4.78 is 39.5.